The van der Waals surface area contributed by atoms with Crippen molar-refractivity contribution < 1.29 is 5.21 Å². The summed E-state index contributed by atoms with van der Waals surface area (Å²) in [5, 5.41) is 13.3. The Labute approximate surface area is 120 Å². The Bertz CT molecular complexity index is 704. The third-order valence-electron chi connectivity index (χ3n) is 2.94. The highest BCUT2D eigenvalue weighted by Gasteiger charge is 2.07. The third-order valence-corrected chi connectivity index (χ3v) is 3.83. The normalized spacial score (nSPS) is 11.9. The Morgan fingerprint density at radius 2 is 1.85 bits per heavy atom. The second-order valence-corrected chi connectivity index (χ2v) is 5.22. The van der Waals surface area contributed by atoms with Gasteiger partial charge >= 0.3 is 0 Å². The van der Waals surface area contributed by atoms with Gasteiger partial charge in [-0.25, -0.2) is 4.98 Å². The number of para-hydroxylation sites is 2. The minimum Gasteiger partial charge on any atom is -0.411 e. The molecule has 0 amide bonds. The lowest BCUT2D eigenvalue weighted by Gasteiger charge is -2.02. The number of nitrogens with one attached hydrogen (secondary N) is 1. The van der Waals surface area contributed by atoms with E-state index in [1.807, 2.05) is 54.6 Å². The van der Waals surface area contributed by atoms with E-state index < -0.39 is 0 Å². The Hall–Kier alpha value is -2.27. The smallest absolute Gasteiger partial charge is 0.166 e. The van der Waals surface area contributed by atoms with Crippen LogP contribution in [0, 0.1) is 0 Å². The summed E-state index contributed by atoms with van der Waals surface area (Å²) in [5.74, 6) is 0.556. The molecule has 4 nitrogen and oxygen atoms in total. The van der Waals surface area contributed by atoms with Crippen LogP contribution in [0.15, 0.2) is 64.9 Å². The minimum absolute atomic E-state index is 0.556. The van der Waals surface area contributed by atoms with Crippen LogP contribution in [0.1, 0.15) is 5.56 Å². The molecule has 0 aliphatic rings. The molecule has 1 heterocycles. The van der Waals surface area contributed by atoms with Gasteiger partial charge in [0.15, 0.2) is 5.16 Å². The molecule has 0 bridgehead atoms. The van der Waals surface area contributed by atoms with Crippen LogP contribution in [-0.4, -0.2) is 26.6 Å². The fraction of sp³-hybridized carbons (Fsp3) is 0.0667. The van der Waals surface area contributed by atoms with Crippen LogP contribution in [0.5, 0.6) is 0 Å². The van der Waals surface area contributed by atoms with E-state index >= 15 is 0 Å². The molecule has 0 radical (unpaired) electrons. The van der Waals surface area contributed by atoms with Crippen LogP contribution in [0.2, 0.25) is 0 Å². The predicted octanol–water partition coefficient (Wildman–Crippen LogP) is 3.53. The van der Waals surface area contributed by atoms with Gasteiger partial charge in [-0.2, -0.15) is 0 Å². The maximum Gasteiger partial charge on any atom is 0.166 e. The molecule has 100 valence electrons. The largest absolute Gasteiger partial charge is 0.411 e. The third kappa shape index (κ3) is 2.67. The molecule has 3 rings (SSSR count). The van der Waals surface area contributed by atoms with Gasteiger partial charge in [0.05, 0.1) is 16.7 Å². The first kappa shape index (κ1) is 12.7. The van der Waals surface area contributed by atoms with Gasteiger partial charge < -0.3 is 10.2 Å². The van der Waals surface area contributed by atoms with Gasteiger partial charge in [-0.1, -0.05) is 59.4 Å². The average Bonchev–Trinajstić information content (AvgIpc) is 2.92. The van der Waals surface area contributed by atoms with Crippen LogP contribution in [-0.2, 0) is 0 Å². The first-order chi connectivity index (χ1) is 9.86. The molecule has 0 saturated carbocycles. The van der Waals surface area contributed by atoms with E-state index in [0.717, 1.165) is 21.8 Å². The summed E-state index contributed by atoms with van der Waals surface area (Å²) in [4.78, 5) is 7.73. The molecule has 3 aromatic rings. The van der Waals surface area contributed by atoms with E-state index in [0.29, 0.717) is 11.5 Å². The topological polar surface area (TPSA) is 61.3 Å². The molecule has 0 fully saturated rings. The molecule has 0 aliphatic carbocycles. The number of benzene rings is 2. The molecule has 1 aromatic heterocycles. The monoisotopic (exact) mass is 283 g/mol. The second-order valence-electron chi connectivity index (χ2n) is 4.26. The van der Waals surface area contributed by atoms with Crippen molar-refractivity contribution in [3.63, 3.8) is 0 Å². The Morgan fingerprint density at radius 1 is 1.10 bits per heavy atom. The lowest BCUT2D eigenvalue weighted by Crippen LogP contribution is -2.04. The molecule has 2 aromatic carbocycles. The zero-order valence-corrected chi connectivity index (χ0v) is 11.5. The van der Waals surface area contributed by atoms with Crippen molar-refractivity contribution in [3.05, 3.63) is 60.2 Å². The van der Waals surface area contributed by atoms with Gasteiger partial charge in [0.1, 0.15) is 0 Å². The van der Waals surface area contributed by atoms with E-state index in [-0.39, 0.29) is 0 Å². The maximum absolute atomic E-state index is 9.14. The summed E-state index contributed by atoms with van der Waals surface area (Å²) in [6.45, 7) is 0. The number of oxime groups is 1. The highest BCUT2D eigenvalue weighted by molar-refractivity contribution is 7.99. The number of nitrogens with zero attached hydrogens (tertiary/aromatic N) is 2. The van der Waals surface area contributed by atoms with Crippen molar-refractivity contribution in [2.75, 3.05) is 5.75 Å². The summed E-state index contributed by atoms with van der Waals surface area (Å²) in [6, 6.07) is 17.5. The van der Waals surface area contributed by atoms with E-state index in [2.05, 4.69) is 15.1 Å². The molecular formula is C15H13N3OS. The molecule has 2 N–H and O–H groups in total. The zero-order valence-electron chi connectivity index (χ0n) is 10.7. The number of aromatic nitrogens is 2. The van der Waals surface area contributed by atoms with Crippen molar-refractivity contribution in [2.24, 2.45) is 5.16 Å². The number of aromatic amines is 1. The first-order valence-electron chi connectivity index (χ1n) is 6.21. The number of imidazole rings is 1. The number of hydrogen-bond acceptors (Lipinski definition) is 4. The molecule has 0 spiro atoms. The molecule has 0 saturated heterocycles. The number of H-pyrrole nitrogens is 1. The molecular weight excluding hydrogens is 270 g/mol. The van der Waals surface area contributed by atoms with Crippen molar-refractivity contribution in [1.29, 1.82) is 0 Å². The highest BCUT2D eigenvalue weighted by Crippen LogP contribution is 2.20. The molecule has 20 heavy (non-hydrogen) atoms. The molecule has 0 aliphatic heterocycles. The maximum atomic E-state index is 9.14. The summed E-state index contributed by atoms with van der Waals surface area (Å²) >= 11 is 1.52. The van der Waals surface area contributed by atoms with Crippen molar-refractivity contribution >= 4 is 28.5 Å². The van der Waals surface area contributed by atoms with Gasteiger partial charge in [-0.15, -0.1) is 0 Å². The van der Waals surface area contributed by atoms with Gasteiger partial charge in [0.2, 0.25) is 0 Å². The van der Waals surface area contributed by atoms with Crippen molar-refractivity contribution in [3.8, 4) is 0 Å². The van der Waals surface area contributed by atoms with Crippen LogP contribution >= 0.6 is 11.8 Å². The Morgan fingerprint density at radius 3 is 2.60 bits per heavy atom. The van der Waals surface area contributed by atoms with Crippen LogP contribution in [0.3, 0.4) is 0 Å². The van der Waals surface area contributed by atoms with E-state index in [9.17, 15) is 0 Å². The SMILES string of the molecule is O/N=C(/CSc1nc2ccccc2[nH]1)c1ccccc1. The summed E-state index contributed by atoms with van der Waals surface area (Å²) in [5.41, 5.74) is 3.50. The molecule has 0 unspecified atom stereocenters. The van der Waals surface area contributed by atoms with Gasteiger partial charge in [0, 0.05) is 11.3 Å². The quantitative estimate of drug-likeness (QED) is 0.333. The summed E-state index contributed by atoms with van der Waals surface area (Å²) < 4.78 is 0. The second kappa shape index (κ2) is 5.79. The molecule has 0 atom stereocenters. The number of fused-ring (bicyclic) bond motifs is 1. The van der Waals surface area contributed by atoms with Crippen molar-refractivity contribution in [2.45, 2.75) is 5.16 Å². The van der Waals surface area contributed by atoms with Gasteiger partial charge in [-0.05, 0) is 12.1 Å². The lowest BCUT2D eigenvalue weighted by atomic mass is 10.1. The summed E-state index contributed by atoms with van der Waals surface area (Å²) in [6.07, 6.45) is 0. The Kier molecular flexibility index (Phi) is 3.69. The lowest BCUT2D eigenvalue weighted by molar-refractivity contribution is 0.319. The van der Waals surface area contributed by atoms with Crippen LogP contribution < -0.4 is 0 Å². The standard InChI is InChI=1S/C15H13N3OS/c19-18-14(11-6-2-1-3-7-11)10-20-15-16-12-8-4-5-9-13(12)17-15/h1-9,19H,10H2,(H,16,17)/b18-14-. The van der Waals surface area contributed by atoms with Crippen molar-refractivity contribution in [1.82, 2.24) is 9.97 Å². The number of thioether (sulfide) groups is 1. The Balaban J connectivity index is 1.75. The molecule has 5 heteroatoms. The fourth-order valence-corrected chi connectivity index (χ4v) is 2.78. The van der Waals surface area contributed by atoms with Gasteiger partial charge in [-0.3, -0.25) is 0 Å². The highest BCUT2D eigenvalue weighted by atomic mass is 32.2. The van der Waals surface area contributed by atoms with Crippen LogP contribution in [0.4, 0.5) is 0 Å². The van der Waals surface area contributed by atoms with E-state index in [1.54, 1.807) is 0 Å². The zero-order chi connectivity index (χ0) is 13.8. The fourth-order valence-electron chi connectivity index (χ4n) is 1.93. The number of hydrogen-bond donors (Lipinski definition) is 2. The van der Waals surface area contributed by atoms with Crippen LogP contribution in [0.25, 0.3) is 11.0 Å². The van der Waals surface area contributed by atoms with Gasteiger partial charge in [0.25, 0.3) is 0 Å². The average molecular weight is 283 g/mol. The minimum atomic E-state index is 0.556. The summed E-state index contributed by atoms with van der Waals surface area (Å²) in [7, 11) is 0. The predicted molar refractivity (Wildman–Crippen MR) is 81.6 cm³/mol. The number of rotatable bonds is 4. The van der Waals surface area contributed by atoms with E-state index in [1.165, 1.54) is 11.8 Å². The van der Waals surface area contributed by atoms with E-state index in [4.69, 9.17) is 5.21 Å². The first-order valence-corrected chi connectivity index (χ1v) is 7.19.